The number of hydrogen-bond acceptors (Lipinski definition) is 2. The van der Waals surface area contributed by atoms with Gasteiger partial charge in [0.25, 0.3) is 0 Å². The van der Waals surface area contributed by atoms with Crippen LogP contribution in [0.4, 0.5) is 5.69 Å². The van der Waals surface area contributed by atoms with E-state index in [1.54, 1.807) is 0 Å². The van der Waals surface area contributed by atoms with E-state index in [9.17, 15) is 0 Å². The average Bonchev–Trinajstić information content (AvgIpc) is 2.13. The summed E-state index contributed by atoms with van der Waals surface area (Å²) < 4.78 is 1.05. The zero-order chi connectivity index (χ0) is 9.97. The minimum atomic E-state index is 0.866. The smallest absolute Gasteiger partial charge is 0.0590 e. The quantitative estimate of drug-likeness (QED) is 0.896. The van der Waals surface area contributed by atoms with E-state index in [0.717, 1.165) is 28.5 Å². The molecule has 0 unspecified atom stereocenters. The first-order chi connectivity index (χ1) is 6.75. The van der Waals surface area contributed by atoms with E-state index in [2.05, 4.69) is 33.2 Å². The molecular weight excluding hydrogens is 240 g/mol. The van der Waals surface area contributed by atoms with E-state index >= 15 is 0 Å². The second-order valence-corrected chi connectivity index (χ2v) is 5.03. The predicted octanol–water partition coefficient (Wildman–Crippen LogP) is 3.30. The molecule has 2 nitrogen and oxygen atoms in total. The molecule has 1 heterocycles. The summed E-state index contributed by atoms with van der Waals surface area (Å²) in [5.41, 5.74) is 1.15. The highest BCUT2D eigenvalue weighted by Crippen LogP contribution is 2.33. The highest BCUT2D eigenvalue weighted by Gasteiger charge is 2.24. The molecule has 0 aliphatic heterocycles. The van der Waals surface area contributed by atoms with Crippen LogP contribution in [0.5, 0.6) is 0 Å². The Hall–Kier alpha value is -0.570. The number of rotatable bonds is 3. The summed E-state index contributed by atoms with van der Waals surface area (Å²) in [6.45, 7) is 3.41. The molecule has 0 spiro atoms. The van der Waals surface area contributed by atoms with Crippen molar-refractivity contribution < 1.29 is 0 Å². The summed E-state index contributed by atoms with van der Waals surface area (Å²) in [5, 5.41) is 3.45. The van der Waals surface area contributed by atoms with Gasteiger partial charge in [0.2, 0.25) is 0 Å². The van der Waals surface area contributed by atoms with Crippen LogP contribution in [-0.4, -0.2) is 11.5 Å². The topological polar surface area (TPSA) is 24.9 Å². The maximum Gasteiger partial charge on any atom is 0.0590 e. The molecule has 0 aromatic carbocycles. The van der Waals surface area contributed by atoms with Gasteiger partial charge in [-0.25, -0.2) is 0 Å². The van der Waals surface area contributed by atoms with Crippen molar-refractivity contribution in [2.45, 2.75) is 19.8 Å². The third kappa shape index (κ3) is 2.27. The lowest BCUT2D eigenvalue weighted by Crippen LogP contribution is -2.27. The van der Waals surface area contributed by atoms with E-state index in [1.807, 2.05) is 18.5 Å². The molecule has 0 saturated heterocycles. The number of nitrogens with one attached hydrogen (secondary N) is 1. The molecule has 2 rings (SSSR count). The van der Waals surface area contributed by atoms with Crippen LogP contribution in [0.3, 0.4) is 0 Å². The maximum atomic E-state index is 4.03. The highest BCUT2D eigenvalue weighted by molar-refractivity contribution is 9.10. The van der Waals surface area contributed by atoms with Crippen LogP contribution < -0.4 is 5.32 Å². The van der Waals surface area contributed by atoms with Crippen molar-refractivity contribution in [1.82, 2.24) is 4.98 Å². The van der Waals surface area contributed by atoms with Gasteiger partial charge >= 0.3 is 0 Å². The van der Waals surface area contributed by atoms with Crippen molar-refractivity contribution in [2.24, 2.45) is 11.8 Å². The Bertz CT molecular complexity index is 308. The normalized spacial score (nSPS) is 25.6. The molecule has 1 aromatic rings. The van der Waals surface area contributed by atoms with Crippen LogP contribution in [0, 0.1) is 11.8 Å². The van der Waals surface area contributed by atoms with E-state index in [-0.39, 0.29) is 0 Å². The third-order valence-electron chi connectivity index (χ3n) is 2.83. The molecule has 3 heteroatoms. The van der Waals surface area contributed by atoms with E-state index in [4.69, 9.17) is 0 Å². The van der Waals surface area contributed by atoms with Crippen LogP contribution in [0.25, 0.3) is 0 Å². The Balaban J connectivity index is 1.83. The average molecular weight is 255 g/mol. The lowest BCUT2D eigenvalue weighted by molar-refractivity contribution is 0.225. The lowest BCUT2D eigenvalue weighted by Gasteiger charge is -2.33. The van der Waals surface area contributed by atoms with Gasteiger partial charge in [0, 0.05) is 18.9 Å². The molecule has 1 aliphatic carbocycles. The van der Waals surface area contributed by atoms with Gasteiger partial charge in [-0.15, -0.1) is 0 Å². The second kappa shape index (κ2) is 4.30. The van der Waals surface area contributed by atoms with Crippen LogP contribution in [0.2, 0.25) is 0 Å². The predicted molar refractivity (Wildman–Crippen MR) is 62.3 cm³/mol. The Morgan fingerprint density at radius 1 is 1.57 bits per heavy atom. The minimum Gasteiger partial charge on any atom is -0.384 e. The molecule has 0 bridgehead atoms. The van der Waals surface area contributed by atoms with Crippen LogP contribution in [-0.2, 0) is 0 Å². The van der Waals surface area contributed by atoms with Gasteiger partial charge in [0.15, 0.2) is 0 Å². The van der Waals surface area contributed by atoms with Crippen molar-refractivity contribution in [3.8, 4) is 0 Å². The fourth-order valence-electron chi connectivity index (χ4n) is 2.01. The van der Waals surface area contributed by atoms with Gasteiger partial charge < -0.3 is 5.32 Å². The second-order valence-electron chi connectivity index (χ2n) is 4.18. The van der Waals surface area contributed by atoms with Crippen molar-refractivity contribution in [2.75, 3.05) is 11.9 Å². The molecule has 1 fully saturated rings. The van der Waals surface area contributed by atoms with Crippen molar-refractivity contribution in [3.63, 3.8) is 0 Å². The Labute approximate surface area is 93.3 Å². The number of hydrogen-bond donors (Lipinski definition) is 1. The van der Waals surface area contributed by atoms with Crippen molar-refractivity contribution >= 4 is 21.6 Å². The number of aromatic nitrogens is 1. The van der Waals surface area contributed by atoms with Gasteiger partial charge in [-0.05, 0) is 46.7 Å². The zero-order valence-electron chi connectivity index (χ0n) is 8.33. The molecule has 76 valence electrons. The SMILES string of the molecule is CC1CC(CNc2ccncc2Br)C1. The summed E-state index contributed by atoms with van der Waals surface area (Å²) in [6.07, 6.45) is 6.38. The molecule has 14 heavy (non-hydrogen) atoms. The first-order valence-electron chi connectivity index (χ1n) is 5.09. The number of pyridine rings is 1. The monoisotopic (exact) mass is 254 g/mol. The van der Waals surface area contributed by atoms with Gasteiger partial charge in [-0.1, -0.05) is 6.92 Å². The standard InChI is InChI=1S/C11H15BrN2/c1-8-4-9(5-8)6-14-11-2-3-13-7-10(11)12/h2-3,7-9H,4-6H2,1H3,(H,13,14). The molecule has 0 radical (unpaired) electrons. The number of nitrogens with zero attached hydrogens (tertiary/aromatic N) is 1. The minimum absolute atomic E-state index is 0.866. The third-order valence-corrected chi connectivity index (χ3v) is 3.46. The van der Waals surface area contributed by atoms with Gasteiger partial charge in [0.1, 0.15) is 0 Å². The van der Waals surface area contributed by atoms with E-state index in [1.165, 1.54) is 12.8 Å². The Morgan fingerprint density at radius 3 is 3.00 bits per heavy atom. The van der Waals surface area contributed by atoms with E-state index < -0.39 is 0 Å². The summed E-state index contributed by atoms with van der Waals surface area (Å²) in [6, 6.07) is 2.01. The van der Waals surface area contributed by atoms with Gasteiger partial charge in [-0.3, -0.25) is 4.98 Å². The molecular formula is C11H15BrN2. The highest BCUT2D eigenvalue weighted by atomic mass is 79.9. The van der Waals surface area contributed by atoms with Gasteiger partial charge in [-0.2, -0.15) is 0 Å². The van der Waals surface area contributed by atoms with E-state index in [0.29, 0.717) is 0 Å². The number of anilines is 1. The summed E-state index contributed by atoms with van der Waals surface area (Å²) >= 11 is 3.47. The lowest BCUT2D eigenvalue weighted by atomic mass is 9.76. The summed E-state index contributed by atoms with van der Waals surface area (Å²) in [7, 11) is 0. The summed E-state index contributed by atoms with van der Waals surface area (Å²) in [5.74, 6) is 1.80. The van der Waals surface area contributed by atoms with Crippen LogP contribution >= 0.6 is 15.9 Å². The molecule has 1 aliphatic rings. The van der Waals surface area contributed by atoms with Crippen molar-refractivity contribution in [1.29, 1.82) is 0 Å². The largest absolute Gasteiger partial charge is 0.384 e. The van der Waals surface area contributed by atoms with Crippen molar-refractivity contribution in [3.05, 3.63) is 22.9 Å². The maximum absolute atomic E-state index is 4.03. The molecule has 1 saturated carbocycles. The van der Waals surface area contributed by atoms with Crippen LogP contribution in [0.15, 0.2) is 22.9 Å². The first-order valence-corrected chi connectivity index (χ1v) is 5.88. The Kier molecular flexibility index (Phi) is 3.06. The zero-order valence-corrected chi connectivity index (χ0v) is 9.92. The molecule has 0 amide bonds. The summed E-state index contributed by atoms with van der Waals surface area (Å²) in [4.78, 5) is 4.03. The fourth-order valence-corrected chi connectivity index (χ4v) is 2.40. The number of halogens is 1. The molecule has 1 aromatic heterocycles. The first kappa shape index (κ1) is 9.97. The molecule has 0 atom stereocenters. The fraction of sp³-hybridized carbons (Fsp3) is 0.545. The Morgan fingerprint density at radius 2 is 2.36 bits per heavy atom. The van der Waals surface area contributed by atoms with Crippen LogP contribution in [0.1, 0.15) is 19.8 Å². The molecule has 1 N–H and O–H groups in total. The van der Waals surface area contributed by atoms with Gasteiger partial charge in [0.05, 0.1) is 10.2 Å².